The molecule has 0 aliphatic rings. The molecule has 0 aliphatic heterocycles. The van der Waals surface area contributed by atoms with Crippen molar-refractivity contribution in [1.29, 1.82) is 0 Å². The third kappa shape index (κ3) is 4.41. The van der Waals surface area contributed by atoms with Gasteiger partial charge < -0.3 is 10.1 Å². The van der Waals surface area contributed by atoms with Crippen LogP contribution in [0.25, 0.3) is 0 Å². The van der Waals surface area contributed by atoms with Crippen LogP contribution in [-0.2, 0) is 10.0 Å². The molecule has 6 nitrogen and oxygen atoms in total. The monoisotopic (exact) mass is 446 g/mol. The maximum Gasteiger partial charge on any atom is 0.265 e. The van der Waals surface area contributed by atoms with Gasteiger partial charge >= 0.3 is 0 Å². The van der Waals surface area contributed by atoms with Crippen molar-refractivity contribution in [3.8, 4) is 5.75 Å². The van der Waals surface area contributed by atoms with Gasteiger partial charge in [-0.3, -0.25) is 4.79 Å². The fraction of sp³-hybridized carbons (Fsp3) is 0.312. The van der Waals surface area contributed by atoms with Crippen molar-refractivity contribution >= 4 is 48.9 Å². The van der Waals surface area contributed by atoms with Crippen molar-refractivity contribution in [1.82, 2.24) is 4.31 Å². The number of thiophene rings is 1. The number of nitrogens with one attached hydrogen (secondary N) is 1. The lowest BCUT2D eigenvalue weighted by atomic mass is 10.3. The minimum atomic E-state index is -3.62. The number of halogens is 1. The Bertz CT molecular complexity index is 861. The summed E-state index contributed by atoms with van der Waals surface area (Å²) in [6.45, 7) is 4.30. The van der Waals surface area contributed by atoms with Crippen LogP contribution in [0, 0.1) is 0 Å². The van der Waals surface area contributed by atoms with Crippen LogP contribution < -0.4 is 10.1 Å². The first-order valence-electron chi connectivity index (χ1n) is 7.58. The number of carbonyl (C=O) groups excluding carboxylic acids is 1. The molecule has 1 N–H and O–H groups in total. The Morgan fingerprint density at radius 1 is 1.24 bits per heavy atom. The van der Waals surface area contributed by atoms with Crippen molar-refractivity contribution < 1.29 is 17.9 Å². The van der Waals surface area contributed by atoms with E-state index < -0.39 is 10.0 Å². The topological polar surface area (TPSA) is 75.7 Å². The van der Waals surface area contributed by atoms with Gasteiger partial charge in [-0.15, -0.1) is 11.3 Å². The van der Waals surface area contributed by atoms with E-state index in [0.29, 0.717) is 29.4 Å². The van der Waals surface area contributed by atoms with Gasteiger partial charge in [0.25, 0.3) is 5.91 Å². The number of hydrogen-bond donors (Lipinski definition) is 1. The summed E-state index contributed by atoms with van der Waals surface area (Å²) in [5.41, 5.74) is 0.310. The number of carbonyl (C=O) groups is 1. The molecule has 25 heavy (non-hydrogen) atoms. The lowest BCUT2D eigenvalue weighted by Gasteiger charge is -2.19. The molecule has 1 aromatic heterocycles. The van der Waals surface area contributed by atoms with E-state index in [1.807, 2.05) is 0 Å². The lowest BCUT2D eigenvalue weighted by Crippen LogP contribution is -2.30. The highest BCUT2D eigenvalue weighted by atomic mass is 79.9. The van der Waals surface area contributed by atoms with Crippen LogP contribution in [0.4, 0.5) is 5.69 Å². The largest absolute Gasteiger partial charge is 0.495 e. The van der Waals surface area contributed by atoms with Gasteiger partial charge in [0.15, 0.2) is 0 Å². The van der Waals surface area contributed by atoms with Gasteiger partial charge in [-0.25, -0.2) is 8.42 Å². The summed E-state index contributed by atoms with van der Waals surface area (Å²) < 4.78 is 32.8. The number of anilines is 1. The van der Waals surface area contributed by atoms with Crippen molar-refractivity contribution in [3.63, 3.8) is 0 Å². The van der Waals surface area contributed by atoms with E-state index in [9.17, 15) is 13.2 Å². The van der Waals surface area contributed by atoms with E-state index in [0.717, 1.165) is 3.79 Å². The highest BCUT2D eigenvalue weighted by Gasteiger charge is 2.23. The number of nitrogens with zero attached hydrogens (tertiary/aromatic N) is 1. The van der Waals surface area contributed by atoms with Crippen molar-refractivity contribution in [2.45, 2.75) is 18.7 Å². The molecule has 9 heteroatoms. The summed E-state index contributed by atoms with van der Waals surface area (Å²) in [5.74, 6) is 0.0638. The first-order chi connectivity index (χ1) is 11.8. The maximum absolute atomic E-state index is 12.7. The summed E-state index contributed by atoms with van der Waals surface area (Å²) in [5, 5.41) is 2.72. The molecule has 1 heterocycles. The number of hydrogen-bond acceptors (Lipinski definition) is 5. The zero-order chi connectivity index (χ0) is 18.6. The van der Waals surface area contributed by atoms with E-state index in [1.54, 1.807) is 26.0 Å². The molecule has 136 valence electrons. The molecule has 0 fully saturated rings. The highest BCUT2D eigenvalue weighted by molar-refractivity contribution is 9.11. The Labute approximate surface area is 160 Å². The minimum absolute atomic E-state index is 0.111. The summed E-state index contributed by atoms with van der Waals surface area (Å²) >= 11 is 4.60. The standard InChI is InChI=1S/C16H19BrN2O4S2/c1-4-19(5-2)25(21,22)11-6-7-13(23-3)12(10-11)18-16(20)14-8-9-15(17)24-14/h6-10H,4-5H2,1-3H3,(H,18,20). The number of ether oxygens (including phenoxy) is 1. The first kappa shape index (κ1) is 19.9. The molecule has 0 atom stereocenters. The second-order valence-corrected chi connectivity index (χ2v) is 9.41. The van der Waals surface area contributed by atoms with E-state index in [4.69, 9.17) is 4.74 Å². The fourth-order valence-corrected chi connectivity index (χ4v) is 5.04. The van der Waals surface area contributed by atoms with Gasteiger partial charge in [0.1, 0.15) is 5.75 Å². The summed E-state index contributed by atoms with van der Waals surface area (Å²) in [6, 6.07) is 7.90. The second kappa shape index (κ2) is 8.31. The molecule has 0 radical (unpaired) electrons. The normalized spacial score (nSPS) is 11.6. The molecule has 0 spiro atoms. The second-order valence-electron chi connectivity index (χ2n) is 5.01. The van der Waals surface area contributed by atoms with Gasteiger partial charge in [-0.05, 0) is 46.3 Å². The van der Waals surface area contributed by atoms with Crippen LogP contribution in [0.5, 0.6) is 5.75 Å². The Morgan fingerprint density at radius 2 is 1.92 bits per heavy atom. The number of benzene rings is 1. The molecule has 0 bridgehead atoms. The highest BCUT2D eigenvalue weighted by Crippen LogP contribution is 2.30. The maximum atomic E-state index is 12.7. The molecule has 1 amide bonds. The molecular formula is C16H19BrN2O4S2. The molecule has 0 saturated heterocycles. The number of amides is 1. The Hall–Kier alpha value is -1.42. The fourth-order valence-electron chi connectivity index (χ4n) is 2.28. The molecular weight excluding hydrogens is 428 g/mol. The number of methoxy groups -OCH3 is 1. The third-order valence-electron chi connectivity index (χ3n) is 3.56. The number of sulfonamides is 1. The number of rotatable bonds is 7. The van der Waals surface area contributed by atoms with Crippen molar-refractivity contribution in [3.05, 3.63) is 39.0 Å². The smallest absolute Gasteiger partial charge is 0.265 e. The van der Waals surface area contributed by atoms with Gasteiger partial charge in [0.2, 0.25) is 10.0 Å². The Kier molecular flexibility index (Phi) is 6.61. The van der Waals surface area contributed by atoms with Crippen molar-refractivity contribution in [2.24, 2.45) is 0 Å². The summed E-state index contributed by atoms with van der Waals surface area (Å²) in [4.78, 5) is 13.0. The molecule has 0 aliphatic carbocycles. The van der Waals surface area contributed by atoms with Crippen molar-refractivity contribution in [2.75, 3.05) is 25.5 Å². The predicted octanol–water partition coefficient (Wildman–Crippen LogP) is 3.80. The van der Waals surface area contributed by atoms with E-state index in [-0.39, 0.29) is 10.8 Å². The molecule has 0 saturated carbocycles. The van der Waals surface area contributed by atoms with Crippen LogP contribution in [0.3, 0.4) is 0 Å². The summed E-state index contributed by atoms with van der Waals surface area (Å²) in [7, 11) is -2.16. The van der Waals surface area contributed by atoms with Gasteiger partial charge in [-0.1, -0.05) is 13.8 Å². The minimum Gasteiger partial charge on any atom is -0.495 e. The van der Waals surface area contributed by atoms with Crippen LogP contribution in [0.2, 0.25) is 0 Å². The van der Waals surface area contributed by atoms with E-state index >= 15 is 0 Å². The van der Waals surface area contributed by atoms with Crippen LogP contribution in [0.1, 0.15) is 23.5 Å². The quantitative estimate of drug-likeness (QED) is 0.701. The SMILES string of the molecule is CCN(CC)S(=O)(=O)c1ccc(OC)c(NC(=O)c2ccc(Br)s2)c1. The average Bonchev–Trinajstić information content (AvgIpc) is 3.02. The average molecular weight is 447 g/mol. The summed E-state index contributed by atoms with van der Waals surface area (Å²) in [6.07, 6.45) is 0. The Morgan fingerprint density at radius 3 is 2.44 bits per heavy atom. The van der Waals surface area contributed by atoms with E-state index in [2.05, 4.69) is 21.2 Å². The van der Waals surface area contributed by atoms with Crippen LogP contribution in [-0.4, -0.2) is 38.8 Å². The molecule has 0 unspecified atom stereocenters. The zero-order valence-corrected chi connectivity index (χ0v) is 17.3. The molecule has 2 aromatic rings. The van der Waals surface area contributed by atoms with Gasteiger partial charge in [-0.2, -0.15) is 4.31 Å². The molecule has 2 rings (SSSR count). The zero-order valence-electron chi connectivity index (χ0n) is 14.1. The van der Waals surface area contributed by atoms with E-state index in [1.165, 1.54) is 41.0 Å². The Balaban J connectivity index is 2.39. The molecule has 1 aromatic carbocycles. The third-order valence-corrected chi connectivity index (χ3v) is 7.23. The van der Waals surface area contributed by atoms with Gasteiger partial charge in [0.05, 0.1) is 26.4 Å². The van der Waals surface area contributed by atoms with Gasteiger partial charge in [0, 0.05) is 13.1 Å². The predicted molar refractivity (Wildman–Crippen MR) is 103 cm³/mol. The first-order valence-corrected chi connectivity index (χ1v) is 10.6. The van der Waals surface area contributed by atoms with Crippen LogP contribution in [0.15, 0.2) is 39.0 Å². The van der Waals surface area contributed by atoms with Crippen LogP contribution >= 0.6 is 27.3 Å². The lowest BCUT2D eigenvalue weighted by molar-refractivity contribution is 0.103.